The lowest BCUT2D eigenvalue weighted by Gasteiger charge is -2.21. The van der Waals surface area contributed by atoms with Crippen molar-refractivity contribution in [3.8, 4) is 5.75 Å². The summed E-state index contributed by atoms with van der Waals surface area (Å²) in [4.78, 5) is 11.3. The number of ether oxygens (including phenoxy) is 2. The standard InChI is InChI=1S/C18H18F2O4/c1-2-23-17(22)16(21)18(19,20)14-8-10-15(11-9-14)24-12-13-6-4-3-5-7-13/h3-11,16,21H,2,12H2,1H3. The minimum atomic E-state index is -3.75. The molecule has 4 nitrogen and oxygen atoms in total. The first kappa shape index (κ1) is 17.9. The largest absolute Gasteiger partial charge is 0.489 e. The van der Waals surface area contributed by atoms with Crippen LogP contribution < -0.4 is 4.74 Å². The molecule has 2 rings (SSSR count). The lowest BCUT2D eigenvalue weighted by Crippen LogP contribution is -2.39. The minimum absolute atomic E-state index is 0.0851. The molecule has 0 saturated heterocycles. The van der Waals surface area contributed by atoms with Gasteiger partial charge in [-0.25, -0.2) is 4.79 Å². The van der Waals surface area contributed by atoms with Gasteiger partial charge in [-0.05, 0) is 36.8 Å². The molecule has 0 aromatic heterocycles. The predicted octanol–water partition coefficient (Wildman–Crippen LogP) is 3.28. The second-order valence-corrected chi connectivity index (χ2v) is 5.08. The Balaban J connectivity index is 2.03. The molecule has 0 aliphatic carbocycles. The highest BCUT2D eigenvalue weighted by Crippen LogP contribution is 2.33. The van der Waals surface area contributed by atoms with Gasteiger partial charge in [0.15, 0.2) is 0 Å². The Labute approximate surface area is 138 Å². The highest BCUT2D eigenvalue weighted by molar-refractivity contribution is 5.76. The number of esters is 1. The van der Waals surface area contributed by atoms with E-state index in [-0.39, 0.29) is 6.61 Å². The van der Waals surface area contributed by atoms with Crippen molar-refractivity contribution in [2.24, 2.45) is 0 Å². The maximum Gasteiger partial charge on any atom is 0.341 e. The summed E-state index contributed by atoms with van der Waals surface area (Å²) in [5, 5.41) is 9.50. The maximum absolute atomic E-state index is 14.1. The topological polar surface area (TPSA) is 55.8 Å². The molecule has 2 aromatic rings. The van der Waals surface area contributed by atoms with Gasteiger partial charge in [0.1, 0.15) is 12.4 Å². The fraction of sp³-hybridized carbons (Fsp3) is 0.278. The normalized spacial score (nSPS) is 12.5. The first-order valence-electron chi connectivity index (χ1n) is 7.45. The van der Waals surface area contributed by atoms with Crippen molar-refractivity contribution in [3.05, 3.63) is 65.7 Å². The molecule has 1 unspecified atom stereocenters. The number of aliphatic hydroxyl groups is 1. The number of halogens is 2. The van der Waals surface area contributed by atoms with Gasteiger partial charge in [-0.1, -0.05) is 30.3 Å². The van der Waals surface area contributed by atoms with Crippen molar-refractivity contribution in [1.29, 1.82) is 0 Å². The Kier molecular flexibility index (Phi) is 5.87. The van der Waals surface area contributed by atoms with Gasteiger partial charge in [0.2, 0.25) is 6.10 Å². The van der Waals surface area contributed by atoms with Gasteiger partial charge < -0.3 is 14.6 Å². The molecule has 0 aliphatic heterocycles. The van der Waals surface area contributed by atoms with Crippen LogP contribution in [0.15, 0.2) is 54.6 Å². The summed E-state index contributed by atoms with van der Waals surface area (Å²) in [5.74, 6) is -4.69. The van der Waals surface area contributed by atoms with Crippen molar-refractivity contribution in [2.75, 3.05) is 6.61 Å². The summed E-state index contributed by atoms with van der Waals surface area (Å²) < 4.78 is 38.2. The molecule has 0 bridgehead atoms. The molecule has 0 aliphatic rings. The highest BCUT2D eigenvalue weighted by atomic mass is 19.3. The maximum atomic E-state index is 14.1. The van der Waals surface area contributed by atoms with Crippen LogP contribution in [0.3, 0.4) is 0 Å². The zero-order valence-corrected chi connectivity index (χ0v) is 13.1. The van der Waals surface area contributed by atoms with Crippen LogP contribution in [0, 0.1) is 0 Å². The third-order valence-electron chi connectivity index (χ3n) is 3.34. The number of carbonyl (C=O) groups excluding carboxylic acids is 1. The molecule has 0 fully saturated rings. The second-order valence-electron chi connectivity index (χ2n) is 5.08. The van der Waals surface area contributed by atoms with Crippen LogP contribution in [0.25, 0.3) is 0 Å². The zero-order chi connectivity index (χ0) is 17.6. The van der Waals surface area contributed by atoms with E-state index in [1.54, 1.807) is 0 Å². The lowest BCUT2D eigenvalue weighted by atomic mass is 10.0. The molecular formula is C18H18F2O4. The van der Waals surface area contributed by atoms with Crippen LogP contribution in [0.1, 0.15) is 18.1 Å². The van der Waals surface area contributed by atoms with Crippen LogP contribution in [0.2, 0.25) is 0 Å². The van der Waals surface area contributed by atoms with Crippen LogP contribution in [-0.2, 0) is 22.1 Å². The van der Waals surface area contributed by atoms with Crippen molar-refractivity contribution < 1.29 is 28.2 Å². The van der Waals surface area contributed by atoms with E-state index in [9.17, 15) is 18.7 Å². The fourth-order valence-corrected chi connectivity index (χ4v) is 2.04. The van der Waals surface area contributed by atoms with Gasteiger partial charge in [0, 0.05) is 5.56 Å². The van der Waals surface area contributed by atoms with E-state index in [1.807, 2.05) is 30.3 Å². The van der Waals surface area contributed by atoms with Gasteiger partial charge in [-0.15, -0.1) is 0 Å². The molecular weight excluding hydrogens is 318 g/mol. The Morgan fingerprint density at radius 3 is 2.33 bits per heavy atom. The summed E-state index contributed by atoms with van der Waals surface area (Å²) in [6, 6.07) is 14.4. The summed E-state index contributed by atoms with van der Waals surface area (Å²) >= 11 is 0. The first-order valence-corrected chi connectivity index (χ1v) is 7.45. The Bertz CT molecular complexity index is 656. The number of benzene rings is 2. The highest BCUT2D eigenvalue weighted by Gasteiger charge is 2.45. The average molecular weight is 336 g/mol. The van der Waals surface area contributed by atoms with Crippen molar-refractivity contribution >= 4 is 5.97 Å². The number of aliphatic hydroxyl groups excluding tert-OH is 1. The number of hydrogen-bond donors (Lipinski definition) is 1. The molecule has 0 amide bonds. The lowest BCUT2D eigenvalue weighted by molar-refractivity contribution is -0.178. The van der Waals surface area contributed by atoms with Gasteiger partial charge in [-0.2, -0.15) is 8.78 Å². The number of alkyl halides is 2. The number of carbonyl (C=O) groups is 1. The van der Waals surface area contributed by atoms with Crippen LogP contribution in [-0.4, -0.2) is 23.8 Å². The van der Waals surface area contributed by atoms with E-state index in [1.165, 1.54) is 19.1 Å². The molecule has 6 heteroatoms. The van der Waals surface area contributed by atoms with E-state index in [0.29, 0.717) is 12.4 Å². The Hall–Kier alpha value is -2.47. The third kappa shape index (κ3) is 4.29. The fourth-order valence-electron chi connectivity index (χ4n) is 2.04. The number of rotatable bonds is 7. The smallest absolute Gasteiger partial charge is 0.341 e. The Morgan fingerprint density at radius 2 is 1.75 bits per heavy atom. The van der Waals surface area contributed by atoms with Crippen LogP contribution >= 0.6 is 0 Å². The van der Waals surface area contributed by atoms with Crippen molar-refractivity contribution in [2.45, 2.75) is 25.6 Å². The van der Waals surface area contributed by atoms with Gasteiger partial charge in [0.05, 0.1) is 6.61 Å². The quantitative estimate of drug-likeness (QED) is 0.789. The molecule has 1 N–H and O–H groups in total. The van der Waals surface area contributed by atoms with Crippen LogP contribution in [0.4, 0.5) is 8.78 Å². The van der Waals surface area contributed by atoms with E-state index < -0.39 is 23.6 Å². The molecule has 24 heavy (non-hydrogen) atoms. The van der Waals surface area contributed by atoms with Gasteiger partial charge in [-0.3, -0.25) is 0 Å². The number of hydrogen-bond acceptors (Lipinski definition) is 4. The average Bonchev–Trinajstić information content (AvgIpc) is 2.60. The zero-order valence-electron chi connectivity index (χ0n) is 13.1. The van der Waals surface area contributed by atoms with Crippen molar-refractivity contribution in [1.82, 2.24) is 0 Å². The SMILES string of the molecule is CCOC(=O)C(O)C(F)(F)c1ccc(OCc2ccccc2)cc1. The summed E-state index contributed by atoms with van der Waals surface area (Å²) in [7, 11) is 0. The molecule has 0 heterocycles. The summed E-state index contributed by atoms with van der Waals surface area (Å²) in [6.45, 7) is 1.70. The van der Waals surface area contributed by atoms with E-state index >= 15 is 0 Å². The minimum Gasteiger partial charge on any atom is -0.489 e. The van der Waals surface area contributed by atoms with E-state index in [2.05, 4.69) is 4.74 Å². The summed E-state index contributed by atoms with van der Waals surface area (Å²) in [5.41, 5.74) is 0.458. The monoisotopic (exact) mass is 336 g/mol. The second kappa shape index (κ2) is 7.88. The molecule has 2 aromatic carbocycles. The van der Waals surface area contributed by atoms with E-state index in [0.717, 1.165) is 17.7 Å². The third-order valence-corrected chi connectivity index (χ3v) is 3.34. The Morgan fingerprint density at radius 1 is 1.12 bits per heavy atom. The van der Waals surface area contributed by atoms with Crippen LogP contribution in [0.5, 0.6) is 5.75 Å². The van der Waals surface area contributed by atoms with Crippen molar-refractivity contribution in [3.63, 3.8) is 0 Å². The summed E-state index contributed by atoms with van der Waals surface area (Å²) in [6.07, 6.45) is -2.55. The predicted molar refractivity (Wildman–Crippen MR) is 83.7 cm³/mol. The molecule has 0 spiro atoms. The van der Waals surface area contributed by atoms with Gasteiger partial charge >= 0.3 is 11.9 Å². The molecule has 1 atom stereocenters. The van der Waals surface area contributed by atoms with Gasteiger partial charge in [0.25, 0.3) is 0 Å². The first-order chi connectivity index (χ1) is 11.4. The molecule has 0 radical (unpaired) electrons. The van der Waals surface area contributed by atoms with E-state index in [4.69, 9.17) is 4.74 Å². The molecule has 0 saturated carbocycles. The molecule has 128 valence electrons.